The Balaban J connectivity index is 0.000000118. The number of aromatic nitrogens is 4. The monoisotopic (exact) mass is 798 g/mol. The molecule has 0 unspecified atom stereocenters. The van der Waals surface area contributed by atoms with Crippen LogP contribution in [-0.2, 0) is 26.2 Å². The number of halogens is 2. The van der Waals surface area contributed by atoms with E-state index in [4.69, 9.17) is 23.2 Å². The standard InChI is InChI=1S/C24H17N3O.C20H13N3O.C4H6Cl2/c1-13-11-26-17-8-4-2-6-14(17)19-16-10-25-24(28)21(16)20-15-7-3-5-9-18(15)27(12-13)23(20)22(19)26;24-20-17-12(9-21-20)15-10-5-1-3-7-13(10)22-18(15)19-16(17)11-6-2-4-8-14(11)23-19;1-4(2-5)3-6/h2-9H,1,10-12H2,(H,25,28);1-8,22-23H,9H2,(H,21,24);1-3H2. The fraction of sp³-hybridized carbons (Fsp3) is 0.125. The number of hydrogen-bond acceptors (Lipinski definition) is 2. The molecular formula is C48H36Cl2N6O2. The molecule has 10 heteroatoms. The summed E-state index contributed by atoms with van der Waals surface area (Å²) in [6, 6.07) is 33.4. The lowest BCUT2D eigenvalue weighted by Gasteiger charge is -2.08. The lowest BCUT2D eigenvalue weighted by Crippen LogP contribution is -2.12. The minimum absolute atomic E-state index is 0.0203. The summed E-state index contributed by atoms with van der Waals surface area (Å²) in [4.78, 5) is 32.6. The minimum Gasteiger partial charge on any atom is -0.353 e. The third-order valence-corrected chi connectivity index (χ3v) is 12.7. The Morgan fingerprint density at radius 2 is 1.00 bits per heavy atom. The number of H-pyrrole nitrogens is 2. The highest BCUT2D eigenvalue weighted by Crippen LogP contribution is 2.46. The Kier molecular flexibility index (Phi) is 7.80. The van der Waals surface area contributed by atoms with Crippen LogP contribution in [0.5, 0.6) is 0 Å². The molecular weight excluding hydrogens is 763 g/mol. The summed E-state index contributed by atoms with van der Waals surface area (Å²) in [5, 5.41) is 15.2. The van der Waals surface area contributed by atoms with Gasteiger partial charge in [0.25, 0.3) is 11.8 Å². The highest BCUT2D eigenvalue weighted by molar-refractivity contribution is 6.32. The second-order valence-corrected chi connectivity index (χ2v) is 15.9. The van der Waals surface area contributed by atoms with E-state index in [9.17, 15) is 9.59 Å². The average Bonchev–Trinajstić information content (AvgIpc) is 4.10. The van der Waals surface area contributed by atoms with Crippen molar-refractivity contribution in [3.05, 3.63) is 144 Å². The molecule has 0 spiro atoms. The summed E-state index contributed by atoms with van der Waals surface area (Å²) in [7, 11) is 0. The van der Waals surface area contributed by atoms with Crippen LogP contribution in [0.1, 0.15) is 31.8 Å². The highest BCUT2D eigenvalue weighted by Gasteiger charge is 2.33. The molecule has 0 radical (unpaired) electrons. The molecule has 3 aliphatic heterocycles. The summed E-state index contributed by atoms with van der Waals surface area (Å²) in [5.41, 5.74) is 15.0. The fourth-order valence-electron chi connectivity index (χ4n) is 9.67. The van der Waals surface area contributed by atoms with Crippen molar-refractivity contribution in [2.45, 2.75) is 26.2 Å². The number of amides is 2. The summed E-state index contributed by atoms with van der Waals surface area (Å²) in [6.45, 7) is 10.7. The number of nitrogens with zero attached hydrogens (tertiary/aromatic N) is 2. The first-order valence-corrected chi connectivity index (χ1v) is 20.4. The topological polar surface area (TPSA) is 99.6 Å². The van der Waals surface area contributed by atoms with Crippen LogP contribution >= 0.6 is 23.2 Å². The third-order valence-electron chi connectivity index (χ3n) is 12.0. The third kappa shape index (κ3) is 4.82. The number of alkyl halides is 2. The Labute approximate surface area is 341 Å². The number of rotatable bonds is 2. The first-order valence-electron chi connectivity index (χ1n) is 19.3. The predicted molar refractivity (Wildman–Crippen MR) is 240 cm³/mol. The lowest BCUT2D eigenvalue weighted by atomic mass is 9.97. The van der Waals surface area contributed by atoms with Gasteiger partial charge < -0.3 is 29.7 Å². The molecule has 0 aliphatic carbocycles. The summed E-state index contributed by atoms with van der Waals surface area (Å²) in [6.07, 6.45) is 0. The second kappa shape index (κ2) is 13.0. The van der Waals surface area contributed by atoms with Crippen LogP contribution in [0, 0.1) is 0 Å². The van der Waals surface area contributed by atoms with E-state index in [2.05, 4.69) is 116 Å². The quantitative estimate of drug-likeness (QED) is 0.103. The zero-order valence-corrected chi connectivity index (χ0v) is 32.9. The van der Waals surface area contributed by atoms with Gasteiger partial charge in [-0.05, 0) is 46.5 Å². The zero-order chi connectivity index (χ0) is 39.4. The summed E-state index contributed by atoms with van der Waals surface area (Å²) < 4.78 is 4.77. The van der Waals surface area contributed by atoms with Crippen LogP contribution in [0.3, 0.4) is 0 Å². The van der Waals surface area contributed by atoms with Crippen molar-refractivity contribution in [2.75, 3.05) is 11.8 Å². The van der Waals surface area contributed by atoms with Gasteiger partial charge in [-0.2, -0.15) is 0 Å². The van der Waals surface area contributed by atoms with Crippen LogP contribution in [0.15, 0.2) is 121 Å². The molecule has 6 aromatic carbocycles. The van der Waals surface area contributed by atoms with E-state index in [0.29, 0.717) is 24.8 Å². The van der Waals surface area contributed by atoms with E-state index < -0.39 is 0 Å². The van der Waals surface area contributed by atoms with Crippen molar-refractivity contribution in [3.63, 3.8) is 0 Å². The first-order chi connectivity index (χ1) is 28.4. The Bertz CT molecular complexity index is 3460. The molecule has 8 nitrogen and oxygen atoms in total. The molecule has 10 aromatic rings. The molecule has 0 saturated heterocycles. The highest BCUT2D eigenvalue weighted by atomic mass is 35.5. The van der Waals surface area contributed by atoms with Gasteiger partial charge in [-0.1, -0.05) is 86.0 Å². The second-order valence-electron chi connectivity index (χ2n) is 15.3. The molecule has 2 amide bonds. The van der Waals surface area contributed by atoms with Crippen molar-refractivity contribution in [1.29, 1.82) is 0 Å². The largest absolute Gasteiger partial charge is 0.353 e. The van der Waals surface area contributed by atoms with Gasteiger partial charge >= 0.3 is 0 Å². The van der Waals surface area contributed by atoms with Crippen molar-refractivity contribution in [2.24, 2.45) is 0 Å². The van der Waals surface area contributed by atoms with Gasteiger partial charge in [-0.3, -0.25) is 9.59 Å². The minimum atomic E-state index is 0.0203. The smallest absolute Gasteiger partial charge is 0.252 e. The molecule has 58 heavy (non-hydrogen) atoms. The molecule has 3 aliphatic rings. The number of allylic oxidation sites excluding steroid dienone is 2. The number of para-hydroxylation sites is 4. The van der Waals surface area contributed by atoms with Crippen molar-refractivity contribution in [3.8, 4) is 0 Å². The van der Waals surface area contributed by atoms with Gasteiger partial charge in [0.2, 0.25) is 0 Å². The molecule has 0 bridgehead atoms. The van der Waals surface area contributed by atoms with E-state index in [0.717, 1.165) is 89.9 Å². The van der Waals surface area contributed by atoms with Gasteiger partial charge in [-0.25, -0.2) is 0 Å². The van der Waals surface area contributed by atoms with Gasteiger partial charge in [0.1, 0.15) is 0 Å². The van der Waals surface area contributed by atoms with E-state index in [1.54, 1.807) is 0 Å². The van der Waals surface area contributed by atoms with Crippen LogP contribution in [0.2, 0.25) is 0 Å². The molecule has 0 fully saturated rings. The number of benzene rings is 6. The maximum absolute atomic E-state index is 12.9. The first kappa shape index (κ1) is 34.7. The molecule has 4 N–H and O–H groups in total. The van der Waals surface area contributed by atoms with Crippen LogP contribution in [0.4, 0.5) is 0 Å². The van der Waals surface area contributed by atoms with Crippen LogP contribution in [-0.4, -0.2) is 42.7 Å². The summed E-state index contributed by atoms with van der Waals surface area (Å²) >= 11 is 10.5. The Hall–Kier alpha value is -6.48. The number of nitrogens with one attached hydrogen (secondary N) is 4. The fourth-order valence-corrected chi connectivity index (χ4v) is 9.96. The molecule has 7 heterocycles. The molecule has 4 aromatic heterocycles. The summed E-state index contributed by atoms with van der Waals surface area (Å²) in [5.74, 6) is 1.01. The van der Waals surface area contributed by atoms with Crippen molar-refractivity contribution in [1.82, 2.24) is 29.7 Å². The zero-order valence-electron chi connectivity index (χ0n) is 31.4. The van der Waals surface area contributed by atoms with Crippen LogP contribution < -0.4 is 10.6 Å². The van der Waals surface area contributed by atoms with Gasteiger partial charge in [0.05, 0.1) is 33.2 Å². The number of carbonyl (C=O) groups excluding carboxylic acids is 2. The molecule has 0 atom stereocenters. The molecule has 284 valence electrons. The van der Waals surface area contributed by atoms with Crippen molar-refractivity contribution < 1.29 is 9.59 Å². The molecule has 0 saturated carbocycles. The lowest BCUT2D eigenvalue weighted by molar-refractivity contribution is 0.0959. The Morgan fingerprint density at radius 3 is 1.55 bits per heavy atom. The van der Waals surface area contributed by atoms with Crippen LogP contribution in [0.25, 0.3) is 87.2 Å². The molecule has 13 rings (SSSR count). The predicted octanol–water partition coefficient (Wildman–Crippen LogP) is 10.9. The Morgan fingerprint density at radius 1 is 0.569 bits per heavy atom. The van der Waals surface area contributed by atoms with E-state index >= 15 is 0 Å². The maximum atomic E-state index is 12.9. The van der Waals surface area contributed by atoms with E-state index in [-0.39, 0.29) is 11.8 Å². The number of hydrogen-bond donors (Lipinski definition) is 4. The number of carbonyl (C=O) groups is 2. The van der Waals surface area contributed by atoms with Gasteiger partial charge in [0.15, 0.2) is 0 Å². The SMILES string of the molecule is C=C(CCl)CCl.C=C1Cn2c3ccccc3c3c4c(c5c6ccccc6n(c5c32)C1)C(=O)NC4.O=C1NCc2c1c1c3ccccc3[nH]c1c1[nH]c3ccccc3c21. The normalized spacial score (nSPS) is 14.3. The van der Waals surface area contributed by atoms with Gasteiger partial charge in [-0.15, -0.1) is 23.2 Å². The average molecular weight is 800 g/mol. The van der Waals surface area contributed by atoms with E-state index in [1.807, 2.05) is 24.3 Å². The van der Waals surface area contributed by atoms with E-state index in [1.165, 1.54) is 43.8 Å². The maximum Gasteiger partial charge on any atom is 0.252 e. The van der Waals surface area contributed by atoms with Crippen molar-refractivity contribution >= 4 is 122 Å². The number of aromatic amines is 2. The number of fused-ring (bicyclic) bond motifs is 19. The van der Waals surface area contributed by atoms with Gasteiger partial charge in [0, 0.05) is 103 Å².